The summed E-state index contributed by atoms with van der Waals surface area (Å²) in [5.41, 5.74) is 3.67. The second-order valence-electron chi connectivity index (χ2n) is 10.9. The van der Waals surface area contributed by atoms with Crippen LogP contribution in [0.25, 0.3) is 0 Å². The van der Waals surface area contributed by atoms with Crippen LogP contribution >= 0.6 is 11.3 Å². The Morgan fingerprint density at radius 3 is 2.65 bits per heavy atom. The number of phenols is 1. The SMILES string of the molecule is C=O.CCC(C)(C)CC1=C(C)C(c2ccc(OCc3ccsc3)cc2F)N(C(=O)c2cnccn2)c2cccc(O)c2N1. The molecule has 1 aliphatic rings. The van der Waals surface area contributed by atoms with Gasteiger partial charge in [-0.25, -0.2) is 9.37 Å². The highest BCUT2D eigenvalue weighted by atomic mass is 32.1. The number of aromatic hydroxyl groups is 1. The molecule has 8 nitrogen and oxygen atoms in total. The maximum Gasteiger partial charge on any atom is 0.279 e. The quantitative estimate of drug-likeness (QED) is 0.199. The van der Waals surface area contributed by atoms with Gasteiger partial charge >= 0.3 is 0 Å². The Hall–Kier alpha value is -4.57. The number of hydrogen-bond acceptors (Lipinski definition) is 8. The lowest BCUT2D eigenvalue weighted by Gasteiger charge is -2.33. The number of carbonyl (C=O) groups is 2. The first-order valence-electron chi connectivity index (χ1n) is 13.8. The molecule has 10 heteroatoms. The van der Waals surface area contributed by atoms with Crippen molar-refractivity contribution < 1.29 is 23.8 Å². The molecule has 0 fully saturated rings. The average Bonchev–Trinajstić information content (AvgIpc) is 3.51. The van der Waals surface area contributed by atoms with Crippen molar-refractivity contribution in [3.05, 3.63) is 106 Å². The third-order valence-corrected chi connectivity index (χ3v) is 8.30. The molecular formula is C33H35FN4O4S. The molecule has 43 heavy (non-hydrogen) atoms. The van der Waals surface area contributed by atoms with Crippen LogP contribution in [0.4, 0.5) is 15.8 Å². The number of carbonyl (C=O) groups excluding carboxylic acids is 2. The number of ether oxygens (including phenoxy) is 1. The van der Waals surface area contributed by atoms with Crippen LogP contribution < -0.4 is 15.0 Å². The number of aromatic nitrogens is 2. The summed E-state index contributed by atoms with van der Waals surface area (Å²) in [6, 6.07) is 10.8. The van der Waals surface area contributed by atoms with E-state index in [2.05, 4.69) is 36.1 Å². The third-order valence-electron chi connectivity index (χ3n) is 7.57. The summed E-state index contributed by atoms with van der Waals surface area (Å²) < 4.78 is 21.9. The maximum absolute atomic E-state index is 16.1. The van der Waals surface area contributed by atoms with Gasteiger partial charge in [0.1, 0.15) is 42.1 Å². The molecule has 4 aromatic rings. The van der Waals surface area contributed by atoms with Crippen LogP contribution in [0.1, 0.15) is 68.2 Å². The van der Waals surface area contributed by atoms with E-state index in [1.54, 1.807) is 41.7 Å². The Kier molecular flexibility index (Phi) is 9.92. The lowest BCUT2D eigenvalue weighted by Crippen LogP contribution is -2.36. The number of phenolic OH excluding ortho intramolecular Hbond substituents is 1. The summed E-state index contributed by atoms with van der Waals surface area (Å²) in [6.07, 6.45) is 5.84. The number of benzene rings is 2. The van der Waals surface area contributed by atoms with Crippen LogP contribution in [0.5, 0.6) is 11.5 Å². The Balaban J connectivity index is 0.00000207. The molecule has 1 aliphatic heterocycles. The summed E-state index contributed by atoms with van der Waals surface area (Å²) in [7, 11) is 0. The molecule has 0 aliphatic carbocycles. The van der Waals surface area contributed by atoms with Gasteiger partial charge in [0.15, 0.2) is 0 Å². The van der Waals surface area contributed by atoms with Gasteiger partial charge in [0.2, 0.25) is 0 Å². The van der Waals surface area contributed by atoms with Crippen molar-refractivity contribution in [2.75, 3.05) is 10.2 Å². The fourth-order valence-corrected chi connectivity index (χ4v) is 5.54. The van der Waals surface area contributed by atoms with E-state index in [9.17, 15) is 9.90 Å². The molecule has 224 valence electrons. The predicted molar refractivity (Wildman–Crippen MR) is 167 cm³/mol. The monoisotopic (exact) mass is 602 g/mol. The number of nitrogens with one attached hydrogen (secondary N) is 1. The molecule has 0 radical (unpaired) electrons. The van der Waals surface area contributed by atoms with Gasteiger partial charge in [-0.15, -0.1) is 0 Å². The molecule has 0 spiro atoms. The van der Waals surface area contributed by atoms with Crippen molar-refractivity contribution in [2.45, 2.75) is 53.2 Å². The molecule has 1 atom stereocenters. The highest BCUT2D eigenvalue weighted by Gasteiger charge is 2.38. The average molecular weight is 603 g/mol. The van der Waals surface area contributed by atoms with Gasteiger partial charge in [-0.1, -0.05) is 33.3 Å². The van der Waals surface area contributed by atoms with E-state index >= 15 is 4.39 Å². The highest BCUT2D eigenvalue weighted by Crippen LogP contribution is 2.48. The summed E-state index contributed by atoms with van der Waals surface area (Å²) in [6.45, 7) is 10.7. The Morgan fingerprint density at radius 1 is 1.21 bits per heavy atom. The van der Waals surface area contributed by atoms with Crippen molar-refractivity contribution in [2.24, 2.45) is 5.41 Å². The minimum atomic E-state index is -0.839. The minimum Gasteiger partial charge on any atom is -0.506 e. The van der Waals surface area contributed by atoms with E-state index in [1.165, 1.54) is 29.6 Å². The van der Waals surface area contributed by atoms with Gasteiger partial charge in [-0.05, 0) is 71.0 Å². The molecule has 1 amide bonds. The van der Waals surface area contributed by atoms with Gasteiger partial charge in [0.05, 0.1) is 17.9 Å². The third kappa shape index (κ3) is 6.91. The van der Waals surface area contributed by atoms with Crippen LogP contribution in [0, 0.1) is 11.2 Å². The van der Waals surface area contributed by atoms with Crippen LogP contribution in [-0.4, -0.2) is 27.8 Å². The molecular weight excluding hydrogens is 567 g/mol. The molecule has 2 aromatic carbocycles. The fraction of sp³-hybridized carbons (Fsp3) is 0.273. The van der Waals surface area contributed by atoms with E-state index < -0.39 is 17.8 Å². The van der Waals surface area contributed by atoms with Gasteiger partial charge in [0, 0.05) is 29.7 Å². The molecule has 3 heterocycles. The lowest BCUT2D eigenvalue weighted by atomic mass is 9.83. The van der Waals surface area contributed by atoms with E-state index in [4.69, 9.17) is 9.53 Å². The summed E-state index contributed by atoms with van der Waals surface area (Å²) in [5, 5.41) is 18.3. The molecule has 0 bridgehead atoms. The van der Waals surface area contributed by atoms with Gasteiger partial charge < -0.3 is 20.0 Å². The number of hydrogen-bond donors (Lipinski definition) is 2. The fourth-order valence-electron chi connectivity index (χ4n) is 4.88. The van der Waals surface area contributed by atoms with Crippen LogP contribution in [0.15, 0.2) is 83.1 Å². The normalized spacial score (nSPS) is 14.6. The number of para-hydroxylation sites is 1. The van der Waals surface area contributed by atoms with E-state index in [0.29, 0.717) is 35.7 Å². The first-order chi connectivity index (χ1) is 20.7. The van der Waals surface area contributed by atoms with E-state index in [0.717, 1.165) is 23.3 Å². The standard InChI is InChI=1S/C32H33FN4O3S.CH2O/c1-5-32(3,4)16-25-20(2)30(23-10-9-22(15-24(23)33)40-18-21-11-14-41-19-21)37(31(39)26-17-34-12-13-35-26)27-7-6-8-28(38)29(27)36-25;1-2/h6-15,17,19,30,36,38H,5,16,18H2,1-4H3;1H2. The lowest BCUT2D eigenvalue weighted by molar-refractivity contribution is -0.0980. The number of rotatable bonds is 8. The zero-order chi connectivity index (χ0) is 31.1. The highest BCUT2D eigenvalue weighted by molar-refractivity contribution is 7.07. The molecule has 1 unspecified atom stereocenters. The summed E-state index contributed by atoms with van der Waals surface area (Å²) in [4.78, 5) is 32.0. The second-order valence-corrected chi connectivity index (χ2v) is 11.7. The zero-order valence-electron chi connectivity index (χ0n) is 24.6. The first-order valence-corrected chi connectivity index (χ1v) is 14.7. The molecule has 2 aromatic heterocycles. The minimum absolute atomic E-state index is 0.0163. The van der Waals surface area contributed by atoms with Crippen molar-refractivity contribution in [3.8, 4) is 11.5 Å². The van der Waals surface area contributed by atoms with Crippen molar-refractivity contribution in [3.63, 3.8) is 0 Å². The Labute approximate surface area is 254 Å². The van der Waals surface area contributed by atoms with Crippen molar-refractivity contribution in [1.82, 2.24) is 9.97 Å². The predicted octanol–water partition coefficient (Wildman–Crippen LogP) is 7.69. The molecule has 2 N–H and O–H groups in total. The number of thiophene rings is 1. The summed E-state index contributed by atoms with van der Waals surface area (Å²) in [5.74, 6) is -0.600. The topological polar surface area (TPSA) is 105 Å². The van der Waals surface area contributed by atoms with Gasteiger partial charge in [-0.3, -0.25) is 14.7 Å². The second kappa shape index (κ2) is 13.6. The Bertz CT molecular complexity index is 1590. The van der Waals surface area contributed by atoms with Crippen molar-refractivity contribution >= 4 is 35.4 Å². The summed E-state index contributed by atoms with van der Waals surface area (Å²) >= 11 is 1.57. The van der Waals surface area contributed by atoms with Crippen LogP contribution in [0.2, 0.25) is 0 Å². The van der Waals surface area contributed by atoms with Crippen molar-refractivity contribution in [1.29, 1.82) is 0 Å². The number of anilines is 2. The number of allylic oxidation sites excluding steroid dienone is 1. The maximum atomic E-state index is 16.1. The van der Waals surface area contributed by atoms with Gasteiger partial charge in [-0.2, -0.15) is 11.3 Å². The smallest absolute Gasteiger partial charge is 0.279 e. The molecule has 0 saturated heterocycles. The van der Waals surface area contributed by atoms with E-state index in [-0.39, 0.29) is 16.9 Å². The molecule has 0 saturated carbocycles. The van der Waals surface area contributed by atoms with Crippen LogP contribution in [0.3, 0.4) is 0 Å². The zero-order valence-corrected chi connectivity index (χ0v) is 25.5. The Morgan fingerprint density at radius 2 is 2.00 bits per heavy atom. The number of nitrogens with zero attached hydrogens (tertiary/aromatic N) is 3. The van der Waals surface area contributed by atoms with Crippen LogP contribution in [-0.2, 0) is 11.4 Å². The van der Waals surface area contributed by atoms with Gasteiger partial charge in [0.25, 0.3) is 5.91 Å². The molecule has 5 rings (SSSR count). The number of fused-ring (bicyclic) bond motifs is 1. The van der Waals surface area contributed by atoms with E-state index in [1.807, 2.05) is 30.5 Å². The number of halogens is 1. The first kappa shape index (κ1) is 31.4. The number of amides is 1. The largest absolute Gasteiger partial charge is 0.506 e.